The number of anilines is 1. The Bertz CT molecular complexity index is 907. The average Bonchev–Trinajstić information content (AvgIpc) is 2.73. The molecule has 0 aromatic heterocycles. The van der Waals surface area contributed by atoms with Crippen molar-refractivity contribution >= 4 is 26.6 Å². The molecule has 0 radical (unpaired) electrons. The maximum absolute atomic E-state index is 11.3. The number of aldehydes is 2. The molecule has 0 aliphatic rings. The van der Waals surface area contributed by atoms with Crippen molar-refractivity contribution in [3.63, 3.8) is 0 Å². The van der Waals surface area contributed by atoms with Gasteiger partial charge in [0, 0.05) is 11.8 Å². The van der Waals surface area contributed by atoms with Gasteiger partial charge in [-0.3, -0.25) is 9.59 Å². The van der Waals surface area contributed by atoms with Gasteiger partial charge in [0.25, 0.3) is 8.38 Å². The fraction of sp³-hybridized carbons (Fsp3) is 0.0909. The molecular formula is C22H20NO4P. The SMILES string of the molecule is Nc1ccccc1CCP(Oc1ccccc1C=O)Oc1ccccc1C=O. The standard InChI is InChI=1S/C22H20NO4P/c23-20-10-4-1-7-17(20)13-14-28(26-21-11-5-2-8-18(21)15-24)27-22-12-6-3-9-19(22)16-25/h1-12,15-16H,13-14,23H2. The first-order valence-corrected chi connectivity index (χ1v) is 10.1. The molecule has 0 saturated carbocycles. The molecule has 0 amide bonds. The van der Waals surface area contributed by atoms with Crippen molar-refractivity contribution in [1.82, 2.24) is 0 Å². The van der Waals surface area contributed by atoms with Gasteiger partial charge in [0.05, 0.1) is 11.1 Å². The lowest BCUT2D eigenvalue weighted by atomic mass is 10.1. The van der Waals surface area contributed by atoms with Gasteiger partial charge in [0.15, 0.2) is 12.6 Å². The van der Waals surface area contributed by atoms with Crippen LogP contribution in [0.4, 0.5) is 5.69 Å². The highest BCUT2D eigenvalue weighted by Gasteiger charge is 2.19. The van der Waals surface area contributed by atoms with Gasteiger partial charge in [-0.2, -0.15) is 0 Å². The first-order valence-electron chi connectivity index (χ1n) is 8.76. The van der Waals surface area contributed by atoms with Crippen LogP contribution in [0.25, 0.3) is 0 Å². The number of hydrogen-bond donors (Lipinski definition) is 1. The molecule has 0 unspecified atom stereocenters. The predicted molar refractivity (Wildman–Crippen MR) is 111 cm³/mol. The third kappa shape index (κ3) is 4.96. The molecule has 3 aromatic rings. The van der Waals surface area contributed by atoms with E-state index in [0.29, 0.717) is 40.9 Å². The molecule has 142 valence electrons. The molecule has 3 aromatic carbocycles. The number of hydrogen-bond acceptors (Lipinski definition) is 5. The highest BCUT2D eigenvalue weighted by atomic mass is 31.2. The summed E-state index contributed by atoms with van der Waals surface area (Å²) in [6.07, 6.45) is 2.68. The Kier molecular flexibility index (Phi) is 6.77. The molecule has 0 bridgehead atoms. The average molecular weight is 393 g/mol. The third-order valence-corrected chi connectivity index (χ3v) is 5.50. The van der Waals surface area contributed by atoms with E-state index in [9.17, 15) is 9.59 Å². The van der Waals surface area contributed by atoms with Crippen molar-refractivity contribution in [3.05, 3.63) is 89.5 Å². The van der Waals surface area contributed by atoms with Crippen molar-refractivity contribution in [2.45, 2.75) is 6.42 Å². The summed E-state index contributed by atoms with van der Waals surface area (Å²) in [5.41, 5.74) is 8.63. The van der Waals surface area contributed by atoms with Crippen LogP contribution in [0.3, 0.4) is 0 Å². The van der Waals surface area contributed by atoms with E-state index in [2.05, 4.69) is 0 Å². The Morgan fingerprint density at radius 2 is 1.25 bits per heavy atom. The van der Waals surface area contributed by atoms with Crippen LogP contribution in [0.15, 0.2) is 72.8 Å². The van der Waals surface area contributed by atoms with Crippen molar-refractivity contribution in [2.24, 2.45) is 0 Å². The van der Waals surface area contributed by atoms with Crippen LogP contribution < -0.4 is 14.8 Å². The fourth-order valence-corrected chi connectivity index (χ4v) is 4.04. The molecule has 2 N–H and O–H groups in total. The smallest absolute Gasteiger partial charge is 0.290 e. The summed E-state index contributed by atoms with van der Waals surface area (Å²) < 4.78 is 12.1. The summed E-state index contributed by atoms with van der Waals surface area (Å²) in [5, 5.41) is 0. The van der Waals surface area contributed by atoms with Crippen molar-refractivity contribution in [1.29, 1.82) is 0 Å². The maximum atomic E-state index is 11.3. The van der Waals surface area contributed by atoms with E-state index in [1.54, 1.807) is 48.5 Å². The summed E-state index contributed by atoms with van der Waals surface area (Å²) >= 11 is 0. The van der Waals surface area contributed by atoms with Gasteiger partial charge in [0.2, 0.25) is 0 Å². The van der Waals surface area contributed by atoms with E-state index in [4.69, 9.17) is 14.8 Å². The Morgan fingerprint density at radius 1 is 0.750 bits per heavy atom. The third-order valence-electron chi connectivity index (χ3n) is 4.11. The molecule has 0 atom stereocenters. The summed E-state index contributed by atoms with van der Waals surface area (Å²) in [6.45, 7) is 0. The quantitative estimate of drug-likeness (QED) is 0.318. The van der Waals surface area contributed by atoms with E-state index in [1.165, 1.54) is 0 Å². The molecule has 6 heteroatoms. The maximum Gasteiger partial charge on any atom is 0.290 e. The molecule has 0 heterocycles. The van der Waals surface area contributed by atoms with Crippen LogP contribution in [0.5, 0.6) is 11.5 Å². The van der Waals surface area contributed by atoms with E-state index >= 15 is 0 Å². The molecular weight excluding hydrogens is 373 g/mol. The van der Waals surface area contributed by atoms with E-state index in [0.717, 1.165) is 18.1 Å². The normalized spacial score (nSPS) is 10.5. The number of carbonyl (C=O) groups excluding carboxylic acids is 2. The molecule has 0 aliphatic heterocycles. The number of nitrogen functional groups attached to an aromatic ring is 1. The number of benzene rings is 3. The highest BCUT2D eigenvalue weighted by Crippen LogP contribution is 2.42. The molecule has 0 fully saturated rings. The van der Waals surface area contributed by atoms with Crippen LogP contribution >= 0.6 is 8.38 Å². The van der Waals surface area contributed by atoms with Gasteiger partial charge in [-0.25, -0.2) is 0 Å². The highest BCUT2D eigenvalue weighted by molar-refractivity contribution is 7.48. The van der Waals surface area contributed by atoms with E-state index in [1.807, 2.05) is 24.3 Å². The lowest BCUT2D eigenvalue weighted by Crippen LogP contribution is -2.06. The molecule has 5 nitrogen and oxygen atoms in total. The second-order valence-corrected chi connectivity index (χ2v) is 7.48. The summed E-state index contributed by atoms with van der Waals surface area (Å²) in [4.78, 5) is 22.6. The van der Waals surface area contributed by atoms with Gasteiger partial charge in [-0.05, 0) is 42.3 Å². The lowest BCUT2D eigenvalue weighted by molar-refractivity contribution is 0.111. The summed E-state index contributed by atoms with van der Waals surface area (Å²) in [7, 11) is -1.47. The van der Waals surface area contributed by atoms with Crippen LogP contribution in [0.2, 0.25) is 0 Å². The molecule has 0 saturated heterocycles. The summed E-state index contributed by atoms with van der Waals surface area (Å²) in [6, 6.07) is 21.6. The van der Waals surface area contributed by atoms with Crippen LogP contribution in [-0.2, 0) is 6.42 Å². The topological polar surface area (TPSA) is 78.6 Å². The molecule has 3 rings (SSSR count). The number of aryl methyl sites for hydroxylation is 1. The number of rotatable bonds is 9. The van der Waals surface area contributed by atoms with Gasteiger partial charge < -0.3 is 14.8 Å². The number of carbonyl (C=O) groups is 2. The largest absolute Gasteiger partial charge is 0.438 e. The van der Waals surface area contributed by atoms with Crippen LogP contribution in [0.1, 0.15) is 26.3 Å². The minimum Gasteiger partial charge on any atom is -0.438 e. The van der Waals surface area contributed by atoms with Crippen LogP contribution in [-0.4, -0.2) is 18.7 Å². The number of nitrogens with two attached hydrogens (primary N) is 1. The zero-order valence-electron chi connectivity index (χ0n) is 15.2. The Balaban J connectivity index is 1.83. The van der Waals surface area contributed by atoms with Crippen LogP contribution in [0, 0.1) is 0 Å². The summed E-state index contributed by atoms with van der Waals surface area (Å²) in [5.74, 6) is 0.904. The molecule has 28 heavy (non-hydrogen) atoms. The first-order chi connectivity index (χ1) is 13.7. The minimum atomic E-state index is -1.47. The fourth-order valence-electron chi connectivity index (χ4n) is 2.62. The second kappa shape index (κ2) is 9.67. The lowest BCUT2D eigenvalue weighted by Gasteiger charge is -2.20. The van der Waals surface area contributed by atoms with Gasteiger partial charge in [0.1, 0.15) is 11.5 Å². The van der Waals surface area contributed by atoms with Crippen molar-refractivity contribution < 1.29 is 18.6 Å². The number of para-hydroxylation sites is 3. The van der Waals surface area contributed by atoms with E-state index < -0.39 is 8.38 Å². The van der Waals surface area contributed by atoms with E-state index in [-0.39, 0.29) is 0 Å². The predicted octanol–water partition coefficient (Wildman–Crippen LogP) is 4.91. The Labute approximate surface area is 165 Å². The van der Waals surface area contributed by atoms with Crippen molar-refractivity contribution in [3.8, 4) is 11.5 Å². The van der Waals surface area contributed by atoms with Gasteiger partial charge in [-0.15, -0.1) is 0 Å². The zero-order chi connectivity index (χ0) is 19.8. The van der Waals surface area contributed by atoms with Crippen molar-refractivity contribution in [2.75, 3.05) is 11.9 Å². The Morgan fingerprint density at radius 3 is 1.79 bits per heavy atom. The van der Waals surface area contributed by atoms with Gasteiger partial charge in [-0.1, -0.05) is 42.5 Å². The Hall–Kier alpha value is -3.17. The molecule has 0 aliphatic carbocycles. The minimum absolute atomic E-state index is 0.446. The monoisotopic (exact) mass is 393 g/mol. The molecule has 0 spiro atoms. The second-order valence-electron chi connectivity index (χ2n) is 6.00. The first kappa shape index (κ1) is 19.6. The zero-order valence-corrected chi connectivity index (χ0v) is 16.0. The van der Waals surface area contributed by atoms with Gasteiger partial charge >= 0.3 is 0 Å².